The Hall–Kier alpha value is -1.81. The SMILES string of the molecule is CCOCCN(C)c1nc(C(F)(F)F)ccc1C#N. The molecule has 0 aliphatic heterocycles. The van der Waals surface area contributed by atoms with Crippen molar-refractivity contribution in [2.24, 2.45) is 0 Å². The van der Waals surface area contributed by atoms with Crippen molar-refractivity contribution in [3.63, 3.8) is 0 Å². The second-order valence-electron chi connectivity index (χ2n) is 3.80. The molecule has 7 heteroatoms. The minimum absolute atomic E-state index is 0.0111. The first kappa shape index (κ1) is 15.2. The highest BCUT2D eigenvalue weighted by Crippen LogP contribution is 2.30. The van der Waals surface area contributed by atoms with Crippen LogP contribution in [0.25, 0.3) is 0 Å². The van der Waals surface area contributed by atoms with Gasteiger partial charge in [-0.2, -0.15) is 18.4 Å². The average Bonchev–Trinajstić information content (AvgIpc) is 2.37. The van der Waals surface area contributed by atoms with Gasteiger partial charge in [-0.25, -0.2) is 4.98 Å². The van der Waals surface area contributed by atoms with Crippen LogP contribution < -0.4 is 4.90 Å². The van der Waals surface area contributed by atoms with E-state index in [1.165, 1.54) is 4.90 Å². The molecule has 19 heavy (non-hydrogen) atoms. The molecule has 0 bridgehead atoms. The molecule has 1 rings (SSSR count). The molecule has 1 heterocycles. The fraction of sp³-hybridized carbons (Fsp3) is 0.500. The quantitative estimate of drug-likeness (QED) is 0.773. The number of likely N-dealkylation sites (N-methyl/N-ethyl adjacent to an activating group) is 1. The highest BCUT2D eigenvalue weighted by atomic mass is 19.4. The molecule has 0 atom stereocenters. The number of hydrogen-bond donors (Lipinski definition) is 0. The molecule has 0 saturated carbocycles. The van der Waals surface area contributed by atoms with Crippen molar-refractivity contribution < 1.29 is 17.9 Å². The molecule has 0 radical (unpaired) electrons. The Morgan fingerprint density at radius 1 is 1.42 bits per heavy atom. The van der Waals surface area contributed by atoms with Gasteiger partial charge in [0.1, 0.15) is 17.6 Å². The normalized spacial score (nSPS) is 11.2. The van der Waals surface area contributed by atoms with Gasteiger partial charge < -0.3 is 9.64 Å². The smallest absolute Gasteiger partial charge is 0.380 e. The van der Waals surface area contributed by atoms with E-state index in [4.69, 9.17) is 10.00 Å². The van der Waals surface area contributed by atoms with Crippen molar-refractivity contribution in [1.29, 1.82) is 5.26 Å². The molecule has 0 amide bonds. The minimum atomic E-state index is -4.52. The number of hydrogen-bond acceptors (Lipinski definition) is 4. The molecule has 0 aliphatic rings. The van der Waals surface area contributed by atoms with E-state index in [0.717, 1.165) is 12.1 Å². The van der Waals surface area contributed by atoms with Gasteiger partial charge >= 0.3 is 6.18 Å². The molecule has 0 spiro atoms. The van der Waals surface area contributed by atoms with E-state index in [1.54, 1.807) is 7.05 Å². The molecule has 1 aromatic heterocycles. The largest absolute Gasteiger partial charge is 0.433 e. The van der Waals surface area contributed by atoms with Gasteiger partial charge in [0, 0.05) is 20.2 Å². The Morgan fingerprint density at radius 2 is 2.11 bits per heavy atom. The Kier molecular flexibility index (Phi) is 5.12. The number of rotatable bonds is 5. The van der Waals surface area contributed by atoms with Crippen molar-refractivity contribution in [3.05, 3.63) is 23.4 Å². The summed E-state index contributed by atoms with van der Waals surface area (Å²) in [4.78, 5) is 4.99. The summed E-state index contributed by atoms with van der Waals surface area (Å²) in [6.07, 6.45) is -4.52. The van der Waals surface area contributed by atoms with Crippen LogP contribution in [-0.4, -0.2) is 31.8 Å². The third-order valence-corrected chi connectivity index (χ3v) is 2.42. The van der Waals surface area contributed by atoms with Gasteiger partial charge in [0.05, 0.1) is 12.2 Å². The Bertz CT molecular complexity index is 468. The fourth-order valence-electron chi connectivity index (χ4n) is 1.44. The first-order valence-electron chi connectivity index (χ1n) is 5.67. The van der Waals surface area contributed by atoms with Gasteiger partial charge in [-0.05, 0) is 19.1 Å². The standard InChI is InChI=1S/C12H14F3N3O/c1-3-19-7-6-18(2)11-9(8-16)4-5-10(17-11)12(13,14)15/h4-5H,3,6-7H2,1-2H3. The van der Waals surface area contributed by atoms with Gasteiger partial charge in [-0.3, -0.25) is 0 Å². The van der Waals surface area contributed by atoms with Gasteiger partial charge in [0.25, 0.3) is 0 Å². The summed E-state index contributed by atoms with van der Waals surface area (Å²) in [5, 5.41) is 8.90. The number of nitrogens with zero attached hydrogens (tertiary/aromatic N) is 3. The molecule has 0 fully saturated rings. The van der Waals surface area contributed by atoms with Crippen molar-refractivity contribution in [1.82, 2.24) is 4.98 Å². The zero-order valence-electron chi connectivity index (χ0n) is 10.7. The number of anilines is 1. The van der Waals surface area contributed by atoms with Crippen LogP contribution >= 0.6 is 0 Å². The lowest BCUT2D eigenvalue weighted by Gasteiger charge is -2.20. The molecule has 0 aromatic carbocycles. The van der Waals surface area contributed by atoms with Crippen LogP contribution in [0.1, 0.15) is 18.2 Å². The molecule has 0 aliphatic carbocycles. The Labute approximate surface area is 109 Å². The predicted octanol–water partition coefficient (Wildman–Crippen LogP) is 2.44. The number of pyridine rings is 1. The summed E-state index contributed by atoms with van der Waals surface area (Å²) < 4.78 is 42.9. The third kappa shape index (κ3) is 4.10. The molecule has 1 aromatic rings. The van der Waals surface area contributed by atoms with Crippen LogP contribution in [0.3, 0.4) is 0 Å². The number of ether oxygens (including phenoxy) is 1. The van der Waals surface area contributed by atoms with Crippen molar-refractivity contribution in [2.75, 3.05) is 31.7 Å². The number of nitriles is 1. The molecule has 0 unspecified atom stereocenters. The third-order valence-electron chi connectivity index (χ3n) is 2.42. The van der Waals surface area contributed by atoms with Crippen molar-refractivity contribution in [2.45, 2.75) is 13.1 Å². The van der Waals surface area contributed by atoms with Crippen LogP contribution in [0.4, 0.5) is 19.0 Å². The topological polar surface area (TPSA) is 49.1 Å². The second kappa shape index (κ2) is 6.38. The van der Waals surface area contributed by atoms with Crippen LogP contribution in [0, 0.1) is 11.3 Å². The predicted molar refractivity (Wildman–Crippen MR) is 63.7 cm³/mol. The van der Waals surface area contributed by atoms with E-state index < -0.39 is 11.9 Å². The zero-order chi connectivity index (χ0) is 14.5. The minimum Gasteiger partial charge on any atom is -0.380 e. The van der Waals surface area contributed by atoms with Crippen molar-refractivity contribution >= 4 is 5.82 Å². The summed E-state index contributed by atoms with van der Waals surface area (Å²) >= 11 is 0. The fourth-order valence-corrected chi connectivity index (χ4v) is 1.44. The maximum Gasteiger partial charge on any atom is 0.433 e. The van der Waals surface area contributed by atoms with E-state index >= 15 is 0 Å². The van der Waals surface area contributed by atoms with E-state index in [-0.39, 0.29) is 11.4 Å². The Balaban J connectivity index is 3.00. The van der Waals surface area contributed by atoms with E-state index in [1.807, 2.05) is 13.0 Å². The average molecular weight is 273 g/mol. The van der Waals surface area contributed by atoms with E-state index in [2.05, 4.69) is 4.98 Å². The van der Waals surface area contributed by atoms with E-state index in [0.29, 0.717) is 19.8 Å². The van der Waals surface area contributed by atoms with Crippen molar-refractivity contribution in [3.8, 4) is 6.07 Å². The van der Waals surface area contributed by atoms with Crippen LogP contribution in [-0.2, 0) is 10.9 Å². The molecule has 0 saturated heterocycles. The lowest BCUT2D eigenvalue weighted by atomic mass is 10.2. The summed E-state index contributed by atoms with van der Waals surface area (Å²) in [5.41, 5.74) is -0.906. The number of aromatic nitrogens is 1. The summed E-state index contributed by atoms with van der Waals surface area (Å²) in [7, 11) is 1.57. The van der Waals surface area contributed by atoms with Gasteiger partial charge in [0.2, 0.25) is 0 Å². The highest BCUT2D eigenvalue weighted by molar-refractivity contribution is 5.54. The molecule has 104 valence electrons. The summed E-state index contributed by atoms with van der Waals surface area (Å²) in [6, 6.07) is 3.76. The number of alkyl halides is 3. The molecular formula is C12H14F3N3O. The van der Waals surface area contributed by atoms with Gasteiger partial charge in [-0.1, -0.05) is 0 Å². The first-order chi connectivity index (χ1) is 8.90. The maximum atomic E-state index is 12.6. The van der Waals surface area contributed by atoms with Crippen LogP contribution in [0.15, 0.2) is 12.1 Å². The second-order valence-corrected chi connectivity index (χ2v) is 3.80. The first-order valence-corrected chi connectivity index (χ1v) is 5.67. The van der Waals surface area contributed by atoms with Crippen LogP contribution in [0.2, 0.25) is 0 Å². The molecular weight excluding hydrogens is 259 g/mol. The monoisotopic (exact) mass is 273 g/mol. The van der Waals surface area contributed by atoms with Gasteiger partial charge in [-0.15, -0.1) is 0 Å². The molecule has 0 N–H and O–H groups in total. The maximum absolute atomic E-state index is 12.6. The van der Waals surface area contributed by atoms with E-state index in [9.17, 15) is 13.2 Å². The number of halogens is 3. The summed E-state index contributed by atoms with van der Waals surface area (Å²) in [5.74, 6) is 0.0111. The van der Waals surface area contributed by atoms with Gasteiger partial charge in [0.15, 0.2) is 0 Å². The van der Waals surface area contributed by atoms with Crippen LogP contribution in [0.5, 0.6) is 0 Å². The Morgan fingerprint density at radius 3 is 2.63 bits per heavy atom. The summed E-state index contributed by atoms with van der Waals surface area (Å²) in [6.45, 7) is 3.06. The highest BCUT2D eigenvalue weighted by Gasteiger charge is 2.33. The lowest BCUT2D eigenvalue weighted by Crippen LogP contribution is -2.25. The zero-order valence-corrected chi connectivity index (χ0v) is 10.7. The molecule has 4 nitrogen and oxygen atoms in total. The lowest BCUT2D eigenvalue weighted by molar-refractivity contribution is -0.141.